The van der Waals surface area contributed by atoms with Gasteiger partial charge in [-0.05, 0) is 63.3 Å². The van der Waals surface area contributed by atoms with Gasteiger partial charge in [0.15, 0.2) is 0 Å². The number of pyridine rings is 2. The number of anilines is 1. The zero-order chi connectivity index (χ0) is 34.1. The highest BCUT2D eigenvalue weighted by atomic mass is 32.1. The maximum absolute atomic E-state index is 14.0. The van der Waals surface area contributed by atoms with Crippen LogP contribution in [0.15, 0.2) is 48.5 Å². The number of amides is 3. The zero-order valence-electron chi connectivity index (χ0n) is 27.8. The molecule has 0 aliphatic carbocycles. The summed E-state index contributed by atoms with van der Waals surface area (Å²) in [6.45, 7) is 8.41. The maximum atomic E-state index is 14.0. The fourth-order valence-electron chi connectivity index (χ4n) is 6.70. The summed E-state index contributed by atoms with van der Waals surface area (Å²) < 4.78 is 11.7. The Morgan fingerprint density at radius 2 is 1.57 bits per heavy atom. The van der Waals surface area contributed by atoms with Crippen molar-refractivity contribution in [3.63, 3.8) is 0 Å². The summed E-state index contributed by atoms with van der Waals surface area (Å²) >= 11 is 1.03. The standard InChI is InChI=1S/C36H39N7O5S/c1-21-7-12-25-28(36(2,3)34(46)40-35-42-41-32(49-35)29(44)38-24-15-19-47-20-16-24)26-13-14-27(39-31(26)48-30(25)37-21)22-8-10-23(11-9-22)33(45)43-17-5-4-6-18-43/h7-14,24,28H,4-6,15-20H2,1-3H3,(H,38,44)(H,40,42,46)/t28-/m0/s1. The van der Waals surface area contributed by atoms with Gasteiger partial charge in [0.25, 0.3) is 11.8 Å². The van der Waals surface area contributed by atoms with Gasteiger partial charge in [0.2, 0.25) is 27.8 Å². The second kappa shape index (κ2) is 13.6. The molecule has 13 heteroatoms. The summed E-state index contributed by atoms with van der Waals surface area (Å²) in [5.74, 6) is -0.267. The molecule has 2 fully saturated rings. The van der Waals surface area contributed by atoms with E-state index in [0.29, 0.717) is 36.2 Å². The highest BCUT2D eigenvalue weighted by molar-refractivity contribution is 7.17. The van der Waals surface area contributed by atoms with Gasteiger partial charge in [-0.3, -0.25) is 14.4 Å². The largest absolute Gasteiger partial charge is 0.420 e. The Kier molecular flexibility index (Phi) is 9.12. The first kappa shape index (κ1) is 32.8. The number of hydrogen-bond acceptors (Lipinski definition) is 10. The van der Waals surface area contributed by atoms with E-state index < -0.39 is 11.3 Å². The second-order valence-electron chi connectivity index (χ2n) is 13.4. The molecule has 0 saturated carbocycles. The van der Waals surface area contributed by atoms with Crippen LogP contribution in [0.5, 0.6) is 11.8 Å². The van der Waals surface area contributed by atoms with E-state index in [1.54, 1.807) is 0 Å². The van der Waals surface area contributed by atoms with Crippen LogP contribution in [0.1, 0.15) is 88.9 Å². The summed E-state index contributed by atoms with van der Waals surface area (Å²) in [6.07, 6.45) is 4.73. The van der Waals surface area contributed by atoms with Gasteiger partial charge in [0, 0.05) is 66.2 Å². The van der Waals surface area contributed by atoms with Crippen molar-refractivity contribution in [2.24, 2.45) is 5.41 Å². The van der Waals surface area contributed by atoms with Gasteiger partial charge in [-0.25, -0.2) is 9.97 Å². The topological polar surface area (TPSA) is 149 Å². The molecule has 0 radical (unpaired) electrons. The van der Waals surface area contributed by atoms with Crippen LogP contribution in [0.4, 0.5) is 5.13 Å². The summed E-state index contributed by atoms with van der Waals surface area (Å²) in [5.41, 5.74) is 3.42. The van der Waals surface area contributed by atoms with E-state index in [4.69, 9.17) is 14.5 Å². The number of nitrogens with one attached hydrogen (secondary N) is 2. The number of piperidine rings is 1. The average Bonchev–Trinajstić information content (AvgIpc) is 3.59. The number of fused-ring (bicyclic) bond motifs is 2. The van der Waals surface area contributed by atoms with Crippen molar-refractivity contribution in [1.29, 1.82) is 0 Å². The number of rotatable bonds is 7. The number of likely N-dealkylation sites (tertiary alicyclic amines) is 1. The SMILES string of the molecule is Cc1ccc2c(n1)Oc1nc(-c3ccc(C(=O)N4CCCCC4)cc3)ccc1[C@H]2C(C)(C)C(=O)Nc1nnc(C(=O)NC2CCOCC2)s1. The third-order valence-electron chi connectivity index (χ3n) is 9.51. The molecule has 2 N–H and O–H groups in total. The van der Waals surface area contributed by atoms with Crippen LogP contribution in [-0.4, -0.2) is 75.1 Å². The number of ether oxygens (including phenoxy) is 2. The molecule has 254 valence electrons. The first-order chi connectivity index (χ1) is 23.7. The van der Waals surface area contributed by atoms with E-state index in [0.717, 1.165) is 72.5 Å². The molecule has 1 atom stereocenters. The summed E-state index contributed by atoms with van der Waals surface area (Å²) in [4.78, 5) is 51.3. The fourth-order valence-corrected chi connectivity index (χ4v) is 7.34. The Morgan fingerprint density at radius 3 is 2.31 bits per heavy atom. The van der Waals surface area contributed by atoms with Gasteiger partial charge < -0.3 is 25.0 Å². The lowest BCUT2D eigenvalue weighted by Crippen LogP contribution is -2.38. The van der Waals surface area contributed by atoms with E-state index >= 15 is 0 Å². The van der Waals surface area contributed by atoms with Gasteiger partial charge in [-0.1, -0.05) is 49.4 Å². The number of carbonyl (C=O) groups is 3. The van der Waals surface area contributed by atoms with Crippen LogP contribution in [-0.2, 0) is 9.53 Å². The van der Waals surface area contributed by atoms with Crippen LogP contribution >= 0.6 is 11.3 Å². The zero-order valence-corrected chi connectivity index (χ0v) is 28.6. The number of aryl methyl sites for hydroxylation is 1. The molecule has 3 amide bonds. The number of benzene rings is 1. The molecule has 1 aromatic carbocycles. The molecule has 49 heavy (non-hydrogen) atoms. The smallest absolute Gasteiger partial charge is 0.282 e. The number of aromatic nitrogens is 4. The summed E-state index contributed by atoms with van der Waals surface area (Å²) in [5, 5.41) is 14.4. The van der Waals surface area contributed by atoms with E-state index in [1.165, 1.54) is 6.42 Å². The van der Waals surface area contributed by atoms with E-state index in [1.807, 2.05) is 74.2 Å². The van der Waals surface area contributed by atoms with Gasteiger partial charge in [-0.2, -0.15) is 0 Å². The highest BCUT2D eigenvalue weighted by Crippen LogP contribution is 2.51. The molecule has 3 aromatic heterocycles. The molecular weight excluding hydrogens is 643 g/mol. The third-order valence-corrected chi connectivity index (χ3v) is 10.3. The van der Waals surface area contributed by atoms with Crippen molar-refractivity contribution in [3.8, 4) is 23.0 Å². The maximum Gasteiger partial charge on any atom is 0.282 e. The van der Waals surface area contributed by atoms with Crippen LogP contribution < -0.4 is 15.4 Å². The van der Waals surface area contributed by atoms with E-state index in [-0.39, 0.29) is 33.9 Å². The van der Waals surface area contributed by atoms with Gasteiger partial charge in [0.05, 0.1) is 11.1 Å². The van der Waals surface area contributed by atoms with Crippen LogP contribution in [0, 0.1) is 12.3 Å². The van der Waals surface area contributed by atoms with E-state index in [9.17, 15) is 14.4 Å². The number of nitrogens with zero attached hydrogens (tertiary/aromatic N) is 5. The van der Waals surface area contributed by atoms with Crippen molar-refractivity contribution in [2.75, 3.05) is 31.6 Å². The van der Waals surface area contributed by atoms with Crippen LogP contribution in [0.3, 0.4) is 0 Å². The molecule has 12 nitrogen and oxygen atoms in total. The molecule has 7 rings (SSSR count). The lowest BCUT2D eigenvalue weighted by atomic mass is 9.70. The Morgan fingerprint density at radius 1 is 0.878 bits per heavy atom. The van der Waals surface area contributed by atoms with Crippen molar-refractivity contribution >= 4 is 34.2 Å². The Hall–Kier alpha value is -4.75. The Labute approximate surface area is 288 Å². The van der Waals surface area contributed by atoms with Crippen LogP contribution in [0.2, 0.25) is 0 Å². The highest BCUT2D eigenvalue weighted by Gasteiger charge is 2.45. The van der Waals surface area contributed by atoms with E-state index in [2.05, 4.69) is 25.8 Å². The van der Waals surface area contributed by atoms with Crippen molar-refractivity contribution in [3.05, 3.63) is 75.9 Å². The van der Waals surface area contributed by atoms with Gasteiger partial charge >= 0.3 is 0 Å². The molecule has 0 unspecified atom stereocenters. The Bertz CT molecular complexity index is 1880. The number of carbonyl (C=O) groups excluding carboxylic acids is 3. The molecule has 3 aliphatic heterocycles. The second-order valence-corrected chi connectivity index (χ2v) is 14.3. The van der Waals surface area contributed by atoms with Crippen molar-refractivity contribution in [1.82, 2.24) is 30.4 Å². The first-order valence-corrected chi connectivity index (χ1v) is 17.6. The minimum Gasteiger partial charge on any atom is -0.420 e. The molecule has 0 bridgehead atoms. The minimum atomic E-state index is -1.03. The van der Waals surface area contributed by atoms with Gasteiger partial charge in [-0.15, -0.1) is 10.2 Å². The molecule has 4 aromatic rings. The predicted molar refractivity (Wildman–Crippen MR) is 184 cm³/mol. The lowest BCUT2D eigenvalue weighted by molar-refractivity contribution is -0.124. The number of hydrogen-bond donors (Lipinski definition) is 2. The van der Waals surface area contributed by atoms with Crippen molar-refractivity contribution < 1.29 is 23.9 Å². The fraction of sp³-hybridized carbons (Fsp3) is 0.417. The molecule has 3 aliphatic rings. The Balaban J connectivity index is 1.13. The monoisotopic (exact) mass is 681 g/mol. The minimum absolute atomic E-state index is 0.0233. The molecular formula is C36H39N7O5S. The third kappa shape index (κ3) is 6.77. The summed E-state index contributed by atoms with van der Waals surface area (Å²) in [6, 6.07) is 15.2. The molecule has 0 spiro atoms. The molecule has 6 heterocycles. The first-order valence-electron chi connectivity index (χ1n) is 16.8. The normalized spacial score (nSPS) is 17.8. The van der Waals surface area contributed by atoms with Gasteiger partial charge in [0.1, 0.15) is 0 Å². The summed E-state index contributed by atoms with van der Waals surface area (Å²) in [7, 11) is 0. The molecule has 2 saturated heterocycles. The van der Waals surface area contributed by atoms with Crippen molar-refractivity contribution in [2.45, 2.75) is 64.8 Å². The quantitative estimate of drug-likeness (QED) is 0.249. The average molecular weight is 682 g/mol. The predicted octanol–water partition coefficient (Wildman–Crippen LogP) is 5.74. The lowest BCUT2D eigenvalue weighted by Gasteiger charge is -2.37. The van der Waals surface area contributed by atoms with Crippen LogP contribution in [0.25, 0.3) is 11.3 Å².